The van der Waals surface area contributed by atoms with Gasteiger partial charge in [-0.25, -0.2) is 35.9 Å². The van der Waals surface area contributed by atoms with Gasteiger partial charge in [0, 0.05) is 11.4 Å². The minimum atomic E-state index is -3.86. The van der Waals surface area contributed by atoms with Crippen molar-refractivity contribution in [2.75, 3.05) is 22.1 Å². The summed E-state index contributed by atoms with van der Waals surface area (Å²) in [5, 5.41) is 5.80. The molecule has 0 bridgehead atoms. The van der Waals surface area contributed by atoms with Crippen molar-refractivity contribution >= 4 is 43.5 Å². The van der Waals surface area contributed by atoms with Crippen molar-refractivity contribution < 1.29 is 26.4 Å². The number of rotatable bonds is 10. The Balaban J connectivity index is 0.977. The van der Waals surface area contributed by atoms with E-state index in [-0.39, 0.29) is 23.8 Å². The first-order valence-electron chi connectivity index (χ1n) is 17.5. The predicted octanol–water partition coefficient (Wildman–Crippen LogP) is 5.59. The van der Waals surface area contributed by atoms with Gasteiger partial charge in [0.1, 0.15) is 0 Å². The van der Waals surface area contributed by atoms with Gasteiger partial charge in [0.2, 0.25) is 20.0 Å². The fourth-order valence-corrected chi connectivity index (χ4v) is 10.3. The Morgan fingerprint density at radius 2 is 1.12 bits per heavy atom. The topological polar surface area (TPSA) is 151 Å². The molecule has 3 aromatic carbocycles. The average molecular weight is 705 g/mol. The van der Waals surface area contributed by atoms with E-state index in [1.807, 2.05) is 24.3 Å². The van der Waals surface area contributed by atoms with Crippen LogP contribution >= 0.6 is 0 Å². The normalized spacial score (nSPS) is 17.6. The summed E-state index contributed by atoms with van der Waals surface area (Å²) >= 11 is 0. The zero-order valence-corrected chi connectivity index (χ0v) is 29.5. The summed E-state index contributed by atoms with van der Waals surface area (Å²) in [5.74, 6) is -0.150. The van der Waals surface area contributed by atoms with Crippen molar-refractivity contribution in [2.24, 2.45) is 0 Å². The van der Waals surface area contributed by atoms with Crippen LogP contribution in [0, 0.1) is 0 Å². The Kier molecular flexibility index (Phi) is 9.21. The molecule has 0 heterocycles. The maximum atomic E-state index is 12.9. The molecule has 0 saturated carbocycles. The molecule has 7 rings (SSSR count). The van der Waals surface area contributed by atoms with E-state index in [0.717, 1.165) is 109 Å². The highest BCUT2D eigenvalue weighted by Crippen LogP contribution is 2.43. The summed E-state index contributed by atoms with van der Waals surface area (Å²) in [6.45, 7) is 1.75. The van der Waals surface area contributed by atoms with Gasteiger partial charge in [-0.3, -0.25) is 0 Å². The number of anilines is 2. The van der Waals surface area contributed by atoms with Crippen LogP contribution in [0.5, 0.6) is 0 Å². The number of aryl methyl sites for hydroxylation is 4. The maximum Gasteiger partial charge on any atom is 0.332 e. The lowest BCUT2D eigenvalue weighted by molar-refractivity contribution is 0.255. The molecule has 4 N–H and O–H groups in total. The van der Waals surface area contributed by atoms with Crippen LogP contribution in [0.1, 0.15) is 94.2 Å². The Morgan fingerprint density at radius 1 is 0.633 bits per heavy atom. The number of carbonyl (C=O) groups excluding carboxylic acids is 2. The van der Waals surface area contributed by atoms with E-state index in [9.17, 15) is 26.4 Å². The molecule has 4 amide bonds. The van der Waals surface area contributed by atoms with Crippen molar-refractivity contribution in [3.8, 4) is 0 Å². The van der Waals surface area contributed by atoms with Crippen molar-refractivity contribution in [3.05, 3.63) is 92.0 Å². The van der Waals surface area contributed by atoms with Crippen molar-refractivity contribution in [3.63, 3.8) is 0 Å². The molecular formula is C37H44N4O6S2. The predicted molar refractivity (Wildman–Crippen MR) is 191 cm³/mol. The van der Waals surface area contributed by atoms with Crippen molar-refractivity contribution in [1.29, 1.82) is 0 Å². The Labute approximate surface area is 289 Å². The van der Waals surface area contributed by atoms with Crippen molar-refractivity contribution in [1.82, 2.24) is 9.44 Å². The fourth-order valence-electron chi connectivity index (χ4n) is 8.35. The van der Waals surface area contributed by atoms with Crippen LogP contribution in [-0.4, -0.2) is 40.4 Å². The lowest BCUT2D eigenvalue weighted by Crippen LogP contribution is -2.36. The van der Waals surface area contributed by atoms with E-state index in [2.05, 4.69) is 32.2 Å². The zero-order valence-electron chi connectivity index (χ0n) is 27.9. The van der Waals surface area contributed by atoms with E-state index in [1.165, 1.54) is 22.3 Å². The number of nitrogens with one attached hydrogen (secondary N) is 4. The first-order chi connectivity index (χ1) is 23.5. The van der Waals surface area contributed by atoms with Crippen LogP contribution in [0.4, 0.5) is 21.0 Å². The van der Waals surface area contributed by atoms with E-state index in [0.29, 0.717) is 12.8 Å². The third-order valence-electron chi connectivity index (χ3n) is 10.5. The summed E-state index contributed by atoms with van der Waals surface area (Å²) in [7, 11) is -7.56. The summed E-state index contributed by atoms with van der Waals surface area (Å²) in [6, 6.07) is 11.0. The first kappa shape index (κ1) is 33.6. The molecule has 0 aliphatic heterocycles. The lowest BCUT2D eigenvalue weighted by Gasteiger charge is -2.17. The number of sulfonamides is 2. The molecule has 1 unspecified atom stereocenters. The number of urea groups is 2. The highest BCUT2D eigenvalue weighted by Gasteiger charge is 2.31. The van der Waals surface area contributed by atoms with E-state index in [4.69, 9.17) is 0 Å². The van der Waals surface area contributed by atoms with Gasteiger partial charge in [-0.15, -0.1) is 0 Å². The molecule has 4 aliphatic carbocycles. The smallest absolute Gasteiger partial charge is 0.307 e. The summed E-state index contributed by atoms with van der Waals surface area (Å²) in [4.78, 5) is 25.7. The Morgan fingerprint density at radius 3 is 1.65 bits per heavy atom. The van der Waals surface area contributed by atoms with E-state index in [1.54, 1.807) is 6.92 Å². The summed E-state index contributed by atoms with van der Waals surface area (Å²) < 4.78 is 54.7. The molecular weight excluding hydrogens is 661 g/mol. The lowest BCUT2D eigenvalue weighted by atomic mass is 9.95. The Hall–Kier alpha value is -3.90. The molecule has 0 fully saturated rings. The highest BCUT2D eigenvalue weighted by molar-refractivity contribution is 7.90. The van der Waals surface area contributed by atoms with Crippen molar-refractivity contribution in [2.45, 2.75) is 96.3 Å². The number of carbonyl (C=O) groups is 2. The van der Waals surface area contributed by atoms with Gasteiger partial charge >= 0.3 is 12.1 Å². The molecule has 4 aliphatic rings. The molecule has 0 radical (unpaired) electrons. The second-order valence-corrected chi connectivity index (χ2v) is 17.6. The van der Waals surface area contributed by atoms with Crippen LogP contribution in [0.2, 0.25) is 0 Å². The van der Waals surface area contributed by atoms with Crippen LogP contribution in [-0.2, 0) is 77.8 Å². The van der Waals surface area contributed by atoms with E-state index < -0.39 is 32.1 Å². The molecule has 0 aromatic heterocycles. The molecule has 12 heteroatoms. The minimum Gasteiger partial charge on any atom is -0.307 e. The number of benzene rings is 3. The first-order valence-corrected chi connectivity index (χ1v) is 20.8. The molecule has 0 spiro atoms. The molecule has 0 saturated heterocycles. The van der Waals surface area contributed by atoms with Gasteiger partial charge < -0.3 is 10.6 Å². The standard InChI is InChI=1S/C37H44N4O6S2/c1-2-17-48(44,45)40-37(43)39-35-32-11-5-8-27(32)20-29-21-28(22-33(29)35)24-14-12-23(13-15-24)16-18-49(46,47)41-36(42)38-34-30-9-3-6-25(30)19-26-7-4-10-31(26)34/h12-15,19-20,28H,2-11,16-18,21-22H2,1H3,(H2,38,41,42)(H2,39,40,43). The Bertz CT molecular complexity index is 2010. The third-order valence-corrected chi connectivity index (χ3v) is 13.2. The monoisotopic (exact) mass is 704 g/mol. The third kappa shape index (κ3) is 7.21. The molecule has 10 nitrogen and oxygen atoms in total. The zero-order chi connectivity index (χ0) is 34.3. The number of amides is 4. The van der Waals surface area contributed by atoms with Gasteiger partial charge in [-0.2, -0.15) is 0 Å². The maximum absolute atomic E-state index is 12.9. The highest BCUT2D eigenvalue weighted by atomic mass is 32.2. The largest absolute Gasteiger partial charge is 0.332 e. The van der Waals surface area contributed by atoms with Gasteiger partial charge in [-0.05, 0) is 145 Å². The van der Waals surface area contributed by atoms with Crippen LogP contribution in [0.15, 0.2) is 36.4 Å². The summed E-state index contributed by atoms with van der Waals surface area (Å²) in [5.41, 5.74) is 12.9. The fraction of sp³-hybridized carbons (Fsp3) is 0.459. The van der Waals surface area contributed by atoms with Gasteiger partial charge in [0.15, 0.2) is 0 Å². The number of fused-ring (bicyclic) bond motifs is 4. The molecule has 3 aromatic rings. The molecule has 1 atom stereocenters. The SMILES string of the molecule is CCCS(=O)(=O)NC(=O)Nc1c2c(cc3c1CC(c1ccc(CCS(=O)(=O)NC(=O)Nc4c5c(cc6c4CCC6)CCC5)cc1)C3)CCC2. The van der Waals surface area contributed by atoms with E-state index >= 15 is 0 Å². The quantitative estimate of drug-likeness (QED) is 0.216. The van der Waals surface area contributed by atoms with Crippen LogP contribution < -0.4 is 20.1 Å². The molecule has 49 heavy (non-hydrogen) atoms. The van der Waals surface area contributed by atoms with Crippen LogP contribution in [0.25, 0.3) is 0 Å². The average Bonchev–Trinajstić information content (AvgIpc) is 3.86. The minimum absolute atomic E-state index is 0.113. The second kappa shape index (κ2) is 13.4. The number of hydrogen-bond donors (Lipinski definition) is 4. The number of hydrogen-bond acceptors (Lipinski definition) is 6. The van der Waals surface area contributed by atoms with Gasteiger partial charge in [-0.1, -0.05) is 43.3 Å². The second-order valence-electron chi connectivity index (χ2n) is 14.0. The van der Waals surface area contributed by atoms with Gasteiger partial charge in [0.25, 0.3) is 0 Å². The van der Waals surface area contributed by atoms with Gasteiger partial charge in [0.05, 0.1) is 11.5 Å². The molecule has 260 valence electrons. The summed E-state index contributed by atoms with van der Waals surface area (Å²) in [6.07, 6.45) is 10.9. The van der Waals surface area contributed by atoms with Crippen LogP contribution in [0.3, 0.4) is 0 Å².